The highest BCUT2D eigenvalue weighted by atomic mass is 35.5. The monoisotopic (exact) mass is 403 g/mol. The third-order valence-electron chi connectivity index (χ3n) is 5.14. The Hall–Kier alpha value is -2.38. The predicted octanol–water partition coefficient (Wildman–Crippen LogP) is 3.35. The summed E-state index contributed by atoms with van der Waals surface area (Å²) in [4.78, 5) is 22.8. The van der Waals surface area contributed by atoms with Crippen LogP contribution in [0.15, 0.2) is 18.2 Å². The zero-order valence-corrected chi connectivity index (χ0v) is 17.2. The number of ether oxygens (including phenoxy) is 1. The number of nitrogens with one attached hydrogen (secondary N) is 1. The van der Waals surface area contributed by atoms with E-state index in [0.29, 0.717) is 18.0 Å². The van der Waals surface area contributed by atoms with Gasteiger partial charge in [0.05, 0.1) is 12.8 Å². The minimum absolute atomic E-state index is 0.0814. The number of halogens is 1. The number of rotatable bonds is 6. The number of primary amides is 1. The molecule has 1 fully saturated rings. The minimum Gasteiger partial charge on any atom is -0.496 e. The van der Waals surface area contributed by atoms with Gasteiger partial charge in [0.2, 0.25) is 0 Å². The van der Waals surface area contributed by atoms with Gasteiger partial charge in [0.25, 0.3) is 5.91 Å². The van der Waals surface area contributed by atoms with Crippen molar-refractivity contribution in [1.82, 2.24) is 14.9 Å². The Morgan fingerprint density at radius 2 is 2.07 bits per heavy atom. The van der Waals surface area contributed by atoms with E-state index in [1.165, 1.54) is 0 Å². The van der Waals surface area contributed by atoms with Crippen LogP contribution in [0.5, 0.6) is 5.75 Å². The number of aryl methyl sites for hydroxylation is 1. The Morgan fingerprint density at radius 1 is 1.36 bits per heavy atom. The summed E-state index contributed by atoms with van der Waals surface area (Å²) in [5.41, 5.74) is 8.05. The Labute approximate surface area is 170 Å². The summed E-state index contributed by atoms with van der Waals surface area (Å²) in [7, 11) is 3.82. The van der Waals surface area contributed by atoms with Crippen LogP contribution in [0.1, 0.15) is 47.4 Å². The fraction of sp³-hybridized carbons (Fsp3) is 0.450. The molecule has 0 saturated carbocycles. The molecule has 1 aromatic heterocycles. The summed E-state index contributed by atoms with van der Waals surface area (Å²) in [6.45, 7) is 4.00. The van der Waals surface area contributed by atoms with Gasteiger partial charge >= 0.3 is 0 Å². The van der Waals surface area contributed by atoms with Crippen molar-refractivity contribution in [2.75, 3.05) is 32.6 Å². The maximum atomic E-state index is 11.8. The zero-order valence-electron chi connectivity index (χ0n) is 16.5. The lowest BCUT2D eigenvalue weighted by Crippen LogP contribution is -2.29. The number of carbonyl (C=O) groups excluding carboxylic acids is 1. The largest absolute Gasteiger partial charge is 0.496 e. The Kier molecular flexibility index (Phi) is 6.36. The Balaban J connectivity index is 1.94. The van der Waals surface area contributed by atoms with E-state index in [9.17, 15) is 4.79 Å². The van der Waals surface area contributed by atoms with Crippen LogP contribution in [0, 0.1) is 0 Å². The van der Waals surface area contributed by atoms with E-state index in [2.05, 4.69) is 27.2 Å². The molecular weight excluding hydrogens is 378 g/mol. The molecule has 7 nitrogen and oxygen atoms in total. The van der Waals surface area contributed by atoms with Gasteiger partial charge in [0.15, 0.2) is 16.7 Å². The molecule has 0 unspecified atom stereocenters. The smallest absolute Gasteiger partial charge is 0.271 e. The zero-order chi connectivity index (χ0) is 20.3. The second-order valence-corrected chi connectivity index (χ2v) is 7.39. The molecule has 0 spiro atoms. The summed E-state index contributed by atoms with van der Waals surface area (Å²) in [6.07, 6.45) is 2.70. The SMILES string of the molecule is CCc1nc(C(N)=O)c(Nc2ccc(OC)c(C3CCN(C)CC3)c2)nc1Cl. The molecule has 1 aromatic carbocycles. The quantitative estimate of drug-likeness (QED) is 0.768. The molecule has 0 aliphatic carbocycles. The van der Waals surface area contributed by atoms with Gasteiger partial charge in [-0.2, -0.15) is 0 Å². The number of likely N-dealkylation sites (tertiary alicyclic amines) is 1. The molecule has 28 heavy (non-hydrogen) atoms. The number of carbonyl (C=O) groups is 1. The molecule has 1 aliphatic heterocycles. The van der Waals surface area contributed by atoms with Crippen molar-refractivity contribution in [2.45, 2.75) is 32.1 Å². The summed E-state index contributed by atoms with van der Waals surface area (Å²) < 4.78 is 5.58. The van der Waals surface area contributed by atoms with Gasteiger partial charge in [0.1, 0.15) is 5.75 Å². The summed E-state index contributed by atoms with van der Waals surface area (Å²) >= 11 is 6.20. The third-order valence-corrected chi connectivity index (χ3v) is 5.44. The van der Waals surface area contributed by atoms with E-state index in [1.807, 2.05) is 25.1 Å². The first kappa shape index (κ1) is 20.4. The van der Waals surface area contributed by atoms with Crippen molar-refractivity contribution >= 4 is 29.0 Å². The van der Waals surface area contributed by atoms with Crippen LogP contribution in [0.3, 0.4) is 0 Å². The standard InChI is InChI=1S/C20H26ClN5O2/c1-4-15-18(21)25-20(17(24-15)19(22)27)23-13-5-6-16(28-3)14(11-13)12-7-9-26(2)10-8-12/h5-6,11-12H,4,7-10H2,1-3H3,(H2,22,27)(H,23,25). The molecule has 150 valence electrons. The summed E-state index contributed by atoms with van der Waals surface area (Å²) in [5, 5.41) is 3.42. The van der Waals surface area contributed by atoms with Gasteiger partial charge in [-0.25, -0.2) is 9.97 Å². The molecule has 1 amide bonds. The average molecular weight is 404 g/mol. The molecule has 3 rings (SSSR count). The number of amides is 1. The highest BCUT2D eigenvalue weighted by Gasteiger charge is 2.22. The number of nitrogens with two attached hydrogens (primary N) is 1. The molecule has 8 heteroatoms. The molecule has 0 bridgehead atoms. The molecule has 2 heterocycles. The third kappa shape index (κ3) is 4.36. The van der Waals surface area contributed by atoms with Crippen LogP contribution < -0.4 is 15.8 Å². The second kappa shape index (κ2) is 8.75. The fourth-order valence-electron chi connectivity index (χ4n) is 3.52. The van der Waals surface area contributed by atoms with E-state index in [1.54, 1.807) is 7.11 Å². The van der Waals surface area contributed by atoms with Crippen molar-refractivity contribution < 1.29 is 9.53 Å². The lowest BCUT2D eigenvalue weighted by atomic mass is 9.88. The first-order valence-electron chi connectivity index (χ1n) is 9.42. The van der Waals surface area contributed by atoms with Crippen molar-refractivity contribution in [1.29, 1.82) is 0 Å². The molecule has 0 atom stereocenters. The van der Waals surface area contributed by atoms with E-state index < -0.39 is 5.91 Å². The van der Waals surface area contributed by atoms with Crippen LogP contribution in [0.4, 0.5) is 11.5 Å². The number of hydrogen-bond donors (Lipinski definition) is 2. The number of aromatic nitrogens is 2. The first-order valence-corrected chi connectivity index (χ1v) is 9.80. The summed E-state index contributed by atoms with van der Waals surface area (Å²) in [5.74, 6) is 0.890. The van der Waals surface area contributed by atoms with Gasteiger partial charge < -0.3 is 20.7 Å². The lowest BCUT2D eigenvalue weighted by Gasteiger charge is -2.30. The number of hydrogen-bond acceptors (Lipinski definition) is 6. The van der Waals surface area contributed by atoms with Gasteiger partial charge in [-0.15, -0.1) is 0 Å². The van der Waals surface area contributed by atoms with E-state index in [0.717, 1.165) is 42.9 Å². The lowest BCUT2D eigenvalue weighted by molar-refractivity contribution is 0.0996. The minimum atomic E-state index is -0.648. The van der Waals surface area contributed by atoms with Crippen molar-refractivity contribution in [3.8, 4) is 5.75 Å². The Morgan fingerprint density at radius 3 is 2.68 bits per heavy atom. The number of methoxy groups -OCH3 is 1. The van der Waals surface area contributed by atoms with Crippen molar-refractivity contribution in [3.63, 3.8) is 0 Å². The molecule has 1 saturated heterocycles. The highest BCUT2D eigenvalue weighted by molar-refractivity contribution is 6.30. The normalized spacial score (nSPS) is 15.4. The maximum Gasteiger partial charge on any atom is 0.271 e. The van der Waals surface area contributed by atoms with Crippen LogP contribution >= 0.6 is 11.6 Å². The molecule has 1 aliphatic rings. The average Bonchev–Trinajstić information content (AvgIpc) is 2.68. The number of nitrogens with zero attached hydrogens (tertiary/aromatic N) is 3. The van der Waals surface area contributed by atoms with E-state index >= 15 is 0 Å². The van der Waals surface area contributed by atoms with Crippen molar-refractivity contribution in [3.05, 3.63) is 40.3 Å². The number of piperidine rings is 1. The molecule has 2 aromatic rings. The molecular formula is C20H26ClN5O2. The first-order chi connectivity index (χ1) is 13.4. The maximum absolute atomic E-state index is 11.8. The van der Waals surface area contributed by atoms with Crippen LogP contribution in [-0.2, 0) is 6.42 Å². The number of anilines is 2. The van der Waals surface area contributed by atoms with Crippen LogP contribution in [0.25, 0.3) is 0 Å². The van der Waals surface area contributed by atoms with Crippen LogP contribution in [-0.4, -0.2) is 48.0 Å². The van der Waals surface area contributed by atoms with Gasteiger partial charge in [-0.05, 0) is 69.1 Å². The predicted molar refractivity (Wildman–Crippen MR) is 111 cm³/mol. The molecule has 0 radical (unpaired) electrons. The van der Waals surface area contributed by atoms with Crippen LogP contribution in [0.2, 0.25) is 5.15 Å². The fourth-order valence-corrected chi connectivity index (χ4v) is 3.78. The second-order valence-electron chi connectivity index (χ2n) is 7.04. The van der Waals surface area contributed by atoms with Gasteiger partial charge in [-0.1, -0.05) is 18.5 Å². The highest BCUT2D eigenvalue weighted by Crippen LogP contribution is 2.36. The van der Waals surface area contributed by atoms with Gasteiger partial charge in [0, 0.05) is 5.69 Å². The van der Waals surface area contributed by atoms with E-state index in [4.69, 9.17) is 22.1 Å². The summed E-state index contributed by atoms with van der Waals surface area (Å²) in [6, 6.07) is 5.85. The van der Waals surface area contributed by atoms with E-state index in [-0.39, 0.29) is 16.7 Å². The Bertz CT molecular complexity index is 866. The number of benzene rings is 1. The van der Waals surface area contributed by atoms with Gasteiger partial charge in [-0.3, -0.25) is 4.79 Å². The molecule has 3 N–H and O–H groups in total. The van der Waals surface area contributed by atoms with Crippen molar-refractivity contribution in [2.24, 2.45) is 5.73 Å². The topological polar surface area (TPSA) is 93.4 Å².